The maximum Gasteiger partial charge on any atom is 0.387 e. The van der Waals surface area contributed by atoms with E-state index in [9.17, 15) is 8.78 Å². The van der Waals surface area contributed by atoms with Crippen LogP contribution in [0, 0.1) is 5.92 Å². The molecule has 0 radical (unpaired) electrons. The highest BCUT2D eigenvalue weighted by atomic mass is 35.5. The lowest BCUT2D eigenvalue weighted by atomic mass is 9.81. The molecule has 2 atom stereocenters. The first kappa shape index (κ1) is 22.6. The molecule has 0 aliphatic carbocycles. The Morgan fingerprint density at radius 2 is 1.86 bits per heavy atom. The number of hydrogen-bond acceptors (Lipinski definition) is 3. The first-order valence-electron chi connectivity index (χ1n) is 9.59. The lowest BCUT2D eigenvalue weighted by molar-refractivity contribution is -0.0507. The van der Waals surface area contributed by atoms with Gasteiger partial charge < -0.3 is 4.74 Å². The molecule has 28 heavy (non-hydrogen) atoms. The summed E-state index contributed by atoms with van der Waals surface area (Å²) in [7, 11) is 0. The van der Waals surface area contributed by atoms with E-state index in [4.69, 9.17) is 10.6 Å². The van der Waals surface area contributed by atoms with Crippen LogP contribution in [0.5, 0.6) is 5.75 Å². The third-order valence-corrected chi connectivity index (χ3v) is 5.39. The first-order valence-corrected chi connectivity index (χ1v) is 9.59. The van der Waals surface area contributed by atoms with Gasteiger partial charge >= 0.3 is 6.61 Å². The van der Waals surface area contributed by atoms with E-state index in [1.54, 1.807) is 6.07 Å². The van der Waals surface area contributed by atoms with Crippen LogP contribution in [0.15, 0.2) is 48.5 Å². The molecule has 1 heterocycles. The molecule has 1 saturated heterocycles. The van der Waals surface area contributed by atoms with Crippen LogP contribution >= 0.6 is 12.4 Å². The molecule has 154 valence electrons. The normalized spacial score (nSPS) is 20.2. The van der Waals surface area contributed by atoms with Gasteiger partial charge in [-0.2, -0.15) is 8.78 Å². The summed E-state index contributed by atoms with van der Waals surface area (Å²) in [5.74, 6) is 7.18. The van der Waals surface area contributed by atoms with Crippen LogP contribution in [0.3, 0.4) is 0 Å². The lowest BCUT2D eigenvalue weighted by Crippen LogP contribution is -2.44. The summed E-state index contributed by atoms with van der Waals surface area (Å²) in [6, 6.07) is 15.8. The van der Waals surface area contributed by atoms with E-state index in [-0.39, 0.29) is 30.1 Å². The van der Waals surface area contributed by atoms with E-state index >= 15 is 0 Å². The molecule has 0 saturated carbocycles. The molecule has 1 aliphatic rings. The Morgan fingerprint density at radius 3 is 2.50 bits per heavy atom. The van der Waals surface area contributed by atoms with E-state index in [1.165, 1.54) is 5.56 Å². The summed E-state index contributed by atoms with van der Waals surface area (Å²) in [6.45, 7) is 2.21. The number of nitrogens with zero attached hydrogens (tertiary/aromatic N) is 1. The summed E-state index contributed by atoms with van der Waals surface area (Å²) < 4.78 is 30.6. The minimum absolute atomic E-state index is 0. The van der Waals surface area contributed by atoms with Crippen LogP contribution < -0.4 is 10.6 Å². The monoisotopic (exact) mass is 410 g/mol. The SMILES string of the molecule is CC(C)c1ccc(OC(F)F)c(C[C@@H]2CCCN(N)[C@@H]2c2ccccc2)c1.Cl. The zero-order valence-electron chi connectivity index (χ0n) is 16.4. The van der Waals surface area contributed by atoms with Crippen LogP contribution in [0.1, 0.15) is 55.3 Å². The minimum Gasteiger partial charge on any atom is -0.435 e. The fraction of sp³-hybridized carbons (Fsp3) is 0.455. The fourth-order valence-electron chi connectivity index (χ4n) is 4.04. The average molecular weight is 411 g/mol. The zero-order valence-corrected chi connectivity index (χ0v) is 17.2. The number of nitrogens with two attached hydrogens (primary N) is 1. The van der Waals surface area contributed by atoms with Crippen LogP contribution in [0.2, 0.25) is 0 Å². The molecule has 3 nitrogen and oxygen atoms in total. The van der Waals surface area contributed by atoms with Gasteiger partial charge in [-0.15, -0.1) is 12.4 Å². The number of piperidine rings is 1. The molecule has 1 fully saturated rings. The van der Waals surface area contributed by atoms with E-state index in [0.717, 1.165) is 30.5 Å². The summed E-state index contributed by atoms with van der Waals surface area (Å²) in [5.41, 5.74) is 3.13. The van der Waals surface area contributed by atoms with Crippen molar-refractivity contribution in [2.45, 2.75) is 51.7 Å². The summed E-state index contributed by atoms with van der Waals surface area (Å²) in [5, 5.41) is 1.89. The van der Waals surface area contributed by atoms with E-state index in [1.807, 2.05) is 35.3 Å². The molecular weight excluding hydrogens is 382 g/mol. The van der Waals surface area contributed by atoms with Gasteiger partial charge in [-0.25, -0.2) is 5.01 Å². The van der Waals surface area contributed by atoms with Crippen molar-refractivity contribution in [1.29, 1.82) is 0 Å². The van der Waals surface area contributed by atoms with E-state index < -0.39 is 6.61 Å². The van der Waals surface area contributed by atoms with Gasteiger partial charge in [-0.3, -0.25) is 5.84 Å². The van der Waals surface area contributed by atoms with Gasteiger partial charge in [0, 0.05) is 6.54 Å². The van der Waals surface area contributed by atoms with Crippen LogP contribution in [-0.2, 0) is 6.42 Å². The number of benzene rings is 2. The third kappa shape index (κ3) is 5.43. The van der Waals surface area contributed by atoms with Gasteiger partial charge in [0.05, 0.1) is 6.04 Å². The van der Waals surface area contributed by atoms with Crippen molar-refractivity contribution in [3.8, 4) is 5.75 Å². The second-order valence-electron chi connectivity index (χ2n) is 7.60. The van der Waals surface area contributed by atoms with Crippen LogP contribution in [0.25, 0.3) is 0 Å². The van der Waals surface area contributed by atoms with Crippen molar-refractivity contribution < 1.29 is 13.5 Å². The third-order valence-electron chi connectivity index (χ3n) is 5.39. The largest absolute Gasteiger partial charge is 0.435 e. The Hall–Kier alpha value is -1.69. The van der Waals surface area contributed by atoms with E-state index in [0.29, 0.717) is 12.3 Å². The Balaban J connectivity index is 0.00000280. The number of ether oxygens (including phenoxy) is 1. The van der Waals surface area contributed by atoms with Gasteiger partial charge in [-0.05, 0) is 53.9 Å². The minimum atomic E-state index is -2.82. The Morgan fingerprint density at radius 1 is 1.14 bits per heavy atom. The van der Waals surface area contributed by atoms with Crippen molar-refractivity contribution in [1.82, 2.24) is 5.01 Å². The molecule has 0 bridgehead atoms. The smallest absolute Gasteiger partial charge is 0.387 e. The number of alkyl halides is 2. The van der Waals surface area contributed by atoms with Gasteiger partial charge in [0.15, 0.2) is 0 Å². The fourth-order valence-corrected chi connectivity index (χ4v) is 4.04. The maximum atomic E-state index is 12.9. The van der Waals surface area contributed by atoms with Gasteiger partial charge in [0.1, 0.15) is 5.75 Å². The summed E-state index contributed by atoms with van der Waals surface area (Å²) in [4.78, 5) is 0. The average Bonchev–Trinajstić information content (AvgIpc) is 2.63. The van der Waals surface area contributed by atoms with Gasteiger partial charge in [-0.1, -0.05) is 56.3 Å². The Kier molecular flexibility index (Phi) is 8.23. The molecule has 0 aromatic heterocycles. The molecule has 2 aromatic carbocycles. The predicted octanol–water partition coefficient (Wildman–Crippen LogP) is 5.70. The molecule has 0 amide bonds. The standard InChI is InChI=1S/C22H28F2N2O.ClH/c1-15(2)17-10-11-20(27-22(23)24)19(13-17)14-18-9-6-12-26(25)21(18)16-7-4-3-5-8-16;/h3-5,7-8,10-11,13,15,18,21-22H,6,9,12,14,25H2,1-2H3;1H/t18-,21+;/m0./s1. The van der Waals surface area contributed by atoms with Crippen LogP contribution in [0.4, 0.5) is 8.78 Å². The summed E-state index contributed by atoms with van der Waals surface area (Å²) >= 11 is 0. The highest BCUT2D eigenvalue weighted by molar-refractivity contribution is 5.85. The molecule has 2 aromatic rings. The number of hydrogen-bond donors (Lipinski definition) is 1. The van der Waals surface area contributed by atoms with Crippen LogP contribution in [-0.4, -0.2) is 18.2 Å². The Labute approximate surface area is 172 Å². The number of halogens is 3. The quantitative estimate of drug-likeness (QED) is 0.620. The van der Waals surface area contributed by atoms with E-state index in [2.05, 4.69) is 26.0 Å². The number of hydrazine groups is 1. The van der Waals surface area contributed by atoms with Crippen molar-refractivity contribution in [3.63, 3.8) is 0 Å². The van der Waals surface area contributed by atoms with Crippen molar-refractivity contribution in [2.75, 3.05) is 6.54 Å². The van der Waals surface area contributed by atoms with Crippen molar-refractivity contribution in [3.05, 3.63) is 65.2 Å². The maximum absolute atomic E-state index is 12.9. The molecule has 6 heteroatoms. The first-order chi connectivity index (χ1) is 13.0. The topological polar surface area (TPSA) is 38.5 Å². The predicted molar refractivity (Wildman–Crippen MR) is 111 cm³/mol. The Bertz CT molecular complexity index is 743. The summed E-state index contributed by atoms with van der Waals surface area (Å²) in [6.07, 6.45) is 2.67. The van der Waals surface area contributed by atoms with Gasteiger partial charge in [0.25, 0.3) is 0 Å². The molecule has 2 N–H and O–H groups in total. The zero-order chi connectivity index (χ0) is 19.4. The lowest BCUT2D eigenvalue weighted by Gasteiger charge is -2.39. The molecule has 1 aliphatic heterocycles. The van der Waals surface area contributed by atoms with Gasteiger partial charge in [0.2, 0.25) is 0 Å². The second kappa shape index (κ2) is 10.2. The van der Waals surface area contributed by atoms with Crippen molar-refractivity contribution >= 4 is 12.4 Å². The highest BCUT2D eigenvalue weighted by Gasteiger charge is 2.32. The number of rotatable bonds is 6. The van der Waals surface area contributed by atoms with Crippen molar-refractivity contribution in [2.24, 2.45) is 11.8 Å². The molecular formula is C22H29ClF2N2O. The molecule has 0 unspecified atom stereocenters. The molecule has 3 rings (SSSR count). The highest BCUT2D eigenvalue weighted by Crippen LogP contribution is 2.38. The molecule has 0 spiro atoms. The second-order valence-corrected chi connectivity index (χ2v) is 7.60.